The molecule has 6 bridgehead atoms. The molecular weight excluding hydrogens is 412 g/mol. The molecule has 5 rings (SSSR count). The van der Waals surface area contributed by atoms with Crippen molar-refractivity contribution in [2.45, 2.75) is 12.6 Å². The Hall–Kier alpha value is -3.57. The van der Waals surface area contributed by atoms with Crippen molar-refractivity contribution >= 4 is 17.5 Å². The number of hydrogen-bond acceptors (Lipinski definition) is 7. The van der Waals surface area contributed by atoms with E-state index in [0.29, 0.717) is 31.1 Å². The number of fused-ring (bicyclic) bond motifs is 8. The van der Waals surface area contributed by atoms with Crippen molar-refractivity contribution in [1.82, 2.24) is 34.8 Å². The first kappa shape index (κ1) is 20.3. The number of ether oxygens (including phenoxy) is 1. The zero-order valence-electron chi connectivity index (χ0n) is 17.7. The predicted molar refractivity (Wildman–Crippen MR) is 115 cm³/mol. The summed E-state index contributed by atoms with van der Waals surface area (Å²) < 4.78 is 9.19. The minimum absolute atomic E-state index is 0.120. The highest BCUT2D eigenvalue weighted by atomic mass is 16.5. The lowest BCUT2D eigenvalue weighted by Crippen LogP contribution is -2.48. The normalized spacial score (nSPS) is 21.7. The second-order valence-electron chi connectivity index (χ2n) is 7.92. The van der Waals surface area contributed by atoms with Crippen molar-refractivity contribution in [3.05, 3.63) is 48.2 Å². The molecule has 2 N–H and O–H groups in total. The van der Waals surface area contributed by atoms with E-state index in [2.05, 4.69) is 30.7 Å². The molecule has 11 heteroatoms. The number of nitrogens with one attached hydrogen (secondary N) is 2. The molecule has 0 saturated carbocycles. The van der Waals surface area contributed by atoms with Crippen LogP contribution in [-0.4, -0.2) is 80.1 Å². The van der Waals surface area contributed by atoms with Gasteiger partial charge in [-0.15, -0.1) is 0 Å². The van der Waals surface area contributed by atoms with Gasteiger partial charge in [-0.3, -0.25) is 23.9 Å². The monoisotopic (exact) mass is 436 g/mol. The number of pyridine rings is 1. The average molecular weight is 436 g/mol. The van der Waals surface area contributed by atoms with Crippen LogP contribution in [0.3, 0.4) is 0 Å². The fraction of sp³-hybridized carbons (Fsp3) is 0.381. The summed E-state index contributed by atoms with van der Waals surface area (Å²) in [5.41, 5.74) is 2.19. The highest BCUT2D eigenvalue weighted by Gasteiger charge is 2.24. The van der Waals surface area contributed by atoms with Crippen molar-refractivity contribution in [2.24, 2.45) is 7.05 Å². The van der Waals surface area contributed by atoms with Gasteiger partial charge in [-0.05, 0) is 12.1 Å². The molecule has 2 amide bonds. The van der Waals surface area contributed by atoms with Gasteiger partial charge in [0.05, 0.1) is 36.8 Å². The van der Waals surface area contributed by atoms with Crippen LogP contribution in [0.4, 0.5) is 5.69 Å². The summed E-state index contributed by atoms with van der Waals surface area (Å²) in [6.07, 6.45) is 5.16. The van der Waals surface area contributed by atoms with E-state index in [1.165, 1.54) is 4.68 Å². The van der Waals surface area contributed by atoms with Crippen LogP contribution in [0.25, 0.3) is 11.3 Å². The quantitative estimate of drug-likeness (QED) is 0.523. The van der Waals surface area contributed by atoms with Gasteiger partial charge in [-0.25, -0.2) is 4.98 Å². The number of aromatic nitrogens is 5. The fourth-order valence-electron chi connectivity index (χ4n) is 3.92. The fourth-order valence-corrected chi connectivity index (χ4v) is 3.92. The molecule has 1 saturated heterocycles. The van der Waals surface area contributed by atoms with Crippen LogP contribution >= 0.6 is 0 Å². The first-order valence-electron chi connectivity index (χ1n) is 10.5. The summed E-state index contributed by atoms with van der Waals surface area (Å²) in [6.45, 7) is 4.04. The summed E-state index contributed by atoms with van der Waals surface area (Å²) in [5.74, 6) is -0.791. The van der Waals surface area contributed by atoms with Crippen LogP contribution in [0.15, 0.2) is 36.8 Å². The summed E-state index contributed by atoms with van der Waals surface area (Å²) in [4.78, 5) is 32.5. The number of carbonyl (C=O) groups excluding carboxylic acids is 2. The summed E-state index contributed by atoms with van der Waals surface area (Å²) in [6, 6.07) is 5.24. The molecule has 0 aliphatic carbocycles. The van der Waals surface area contributed by atoms with Gasteiger partial charge in [0.15, 0.2) is 5.69 Å². The van der Waals surface area contributed by atoms with E-state index in [0.717, 1.165) is 25.2 Å². The van der Waals surface area contributed by atoms with Crippen LogP contribution in [0.2, 0.25) is 0 Å². The number of anilines is 1. The molecule has 5 heterocycles. The van der Waals surface area contributed by atoms with Crippen LogP contribution < -0.4 is 10.6 Å². The van der Waals surface area contributed by atoms with Crippen molar-refractivity contribution in [3.8, 4) is 11.3 Å². The van der Waals surface area contributed by atoms with Gasteiger partial charge in [-0.2, -0.15) is 10.2 Å². The predicted octanol–water partition coefficient (Wildman–Crippen LogP) is 0.375. The second-order valence-corrected chi connectivity index (χ2v) is 7.92. The van der Waals surface area contributed by atoms with E-state index in [9.17, 15) is 9.59 Å². The molecular formula is C21H24N8O3. The third-order valence-corrected chi connectivity index (χ3v) is 5.56. The van der Waals surface area contributed by atoms with Gasteiger partial charge in [0.25, 0.3) is 11.8 Å². The van der Waals surface area contributed by atoms with Crippen LogP contribution in [-0.2, 0) is 18.3 Å². The number of hydrogen-bond donors (Lipinski definition) is 2. The highest BCUT2D eigenvalue weighted by Crippen LogP contribution is 2.19. The van der Waals surface area contributed by atoms with Crippen molar-refractivity contribution in [2.75, 3.05) is 38.1 Å². The lowest BCUT2D eigenvalue weighted by molar-refractivity contribution is -0.0275. The molecule has 3 aromatic heterocycles. The third kappa shape index (κ3) is 4.25. The maximum absolute atomic E-state index is 12.9. The SMILES string of the molecule is Cn1cc2c(n1)C(=O)NCC1CN(CCO1)CCn1cc(cn1)-c1cccc(n1)C(=O)N2. The smallest absolute Gasteiger partial charge is 0.274 e. The van der Waals surface area contributed by atoms with Gasteiger partial charge in [-0.1, -0.05) is 6.07 Å². The molecule has 166 valence electrons. The Balaban J connectivity index is 1.48. The van der Waals surface area contributed by atoms with E-state index >= 15 is 0 Å². The molecule has 3 aromatic rings. The largest absolute Gasteiger partial charge is 0.374 e. The van der Waals surface area contributed by atoms with Gasteiger partial charge < -0.3 is 15.4 Å². The number of aryl methyl sites for hydroxylation is 1. The Morgan fingerprint density at radius 2 is 1.97 bits per heavy atom. The van der Waals surface area contributed by atoms with E-state index < -0.39 is 5.91 Å². The third-order valence-electron chi connectivity index (χ3n) is 5.56. The van der Waals surface area contributed by atoms with Crippen LogP contribution in [0, 0.1) is 0 Å². The maximum Gasteiger partial charge on any atom is 0.274 e. The molecule has 32 heavy (non-hydrogen) atoms. The van der Waals surface area contributed by atoms with Crippen molar-refractivity contribution in [3.63, 3.8) is 0 Å². The Labute approximate surface area is 184 Å². The average Bonchev–Trinajstić information content (AvgIpc) is 3.42. The molecule has 2 atom stereocenters. The van der Waals surface area contributed by atoms with Gasteiger partial charge in [0.1, 0.15) is 5.69 Å². The molecule has 0 spiro atoms. The topological polar surface area (TPSA) is 119 Å². The number of morpholine rings is 1. The molecule has 2 unspecified atom stereocenters. The summed E-state index contributed by atoms with van der Waals surface area (Å²) >= 11 is 0. The maximum atomic E-state index is 12.9. The number of amides is 2. The van der Waals surface area contributed by atoms with Gasteiger partial charge in [0, 0.05) is 51.2 Å². The number of carbonyl (C=O) groups is 2. The number of rotatable bonds is 0. The van der Waals surface area contributed by atoms with Crippen LogP contribution in [0.5, 0.6) is 0 Å². The van der Waals surface area contributed by atoms with E-state index in [1.54, 1.807) is 31.6 Å². The Kier molecular flexibility index (Phi) is 5.41. The molecule has 1 fully saturated rings. The minimum atomic E-state index is -0.423. The van der Waals surface area contributed by atoms with Crippen molar-refractivity contribution in [1.29, 1.82) is 0 Å². The van der Waals surface area contributed by atoms with E-state index in [4.69, 9.17) is 4.74 Å². The second kappa shape index (κ2) is 8.52. The molecule has 0 aromatic carbocycles. The van der Waals surface area contributed by atoms with Crippen molar-refractivity contribution < 1.29 is 14.3 Å². The highest BCUT2D eigenvalue weighted by molar-refractivity contribution is 6.07. The lowest BCUT2D eigenvalue weighted by Gasteiger charge is -2.32. The Morgan fingerprint density at radius 1 is 1.09 bits per heavy atom. The first-order chi connectivity index (χ1) is 15.5. The Bertz CT molecular complexity index is 1150. The first-order valence-corrected chi connectivity index (χ1v) is 10.5. The molecule has 0 radical (unpaired) electrons. The Morgan fingerprint density at radius 3 is 2.88 bits per heavy atom. The minimum Gasteiger partial charge on any atom is -0.374 e. The van der Waals surface area contributed by atoms with E-state index in [1.807, 2.05) is 16.9 Å². The molecule has 2 aliphatic heterocycles. The van der Waals surface area contributed by atoms with E-state index in [-0.39, 0.29) is 23.4 Å². The zero-order valence-corrected chi connectivity index (χ0v) is 17.7. The molecule has 2 aliphatic rings. The summed E-state index contributed by atoms with van der Waals surface area (Å²) in [7, 11) is 1.70. The zero-order chi connectivity index (χ0) is 22.1. The summed E-state index contributed by atoms with van der Waals surface area (Å²) in [5, 5.41) is 14.3. The van der Waals surface area contributed by atoms with Gasteiger partial charge >= 0.3 is 0 Å². The molecule has 11 nitrogen and oxygen atoms in total. The van der Waals surface area contributed by atoms with Crippen LogP contribution in [0.1, 0.15) is 21.0 Å². The standard InChI is InChI=1S/C21H24N8O3/c1-27-13-18-19(26-27)21(31)22-10-15-12-28(7-8-32-15)5-6-29-11-14(9-23-29)16-3-2-4-17(24-16)20(30)25-18/h2-4,9,11,13,15H,5-8,10,12H2,1H3,(H,22,31)(H,25,30). The number of nitrogens with zero attached hydrogens (tertiary/aromatic N) is 6. The lowest BCUT2D eigenvalue weighted by atomic mass is 10.2. The van der Waals surface area contributed by atoms with Gasteiger partial charge in [0.2, 0.25) is 0 Å².